The Balaban J connectivity index is 1.46. The molecule has 0 aliphatic carbocycles. The molecule has 1 aliphatic heterocycles. The first kappa shape index (κ1) is 19.6. The Morgan fingerprint density at radius 3 is 2.86 bits per heavy atom. The van der Waals surface area contributed by atoms with Crippen LogP contribution in [0.5, 0.6) is 0 Å². The van der Waals surface area contributed by atoms with Crippen LogP contribution in [0.15, 0.2) is 48.5 Å². The first-order chi connectivity index (χ1) is 14.1. The van der Waals surface area contributed by atoms with Crippen molar-refractivity contribution in [1.82, 2.24) is 25.3 Å². The minimum absolute atomic E-state index is 0.00601. The van der Waals surface area contributed by atoms with Crippen molar-refractivity contribution in [3.63, 3.8) is 0 Å². The zero-order chi connectivity index (χ0) is 20.2. The highest BCUT2D eigenvalue weighted by Gasteiger charge is 2.24. The second kappa shape index (κ2) is 8.73. The predicted molar refractivity (Wildman–Crippen MR) is 112 cm³/mol. The molecule has 29 heavy (non-hydrogen) atoms. The average molecular weight is 393 g/mol. The molecule has 1 fully saturated rings. The molecule has 2 heterocycles. The van der Waals surface area contributed by atoms with Crippen molar-refractivity contribution in [3.8, 4) is 0 Å². The lowest BCUT2D eigenvalue weighted by Crippen LogP contribution is -2.46. The van der Waals surface area contributed by atoms with Crippen LogP contribution in [0.1, 0.15) is 21.6 Å². The molecule has 3 aromatic rings. The molecule has 0 unspecified atom stereocenters. The Hall–Kier alpha value is -2.74. The maximum Gasteiger partial charge on any atom is 0.272 e. The lowest BCUT2D eigenvalue weighted by Gasteiger charge is -2.24. The molecule has 1 aromatic heterocycles. The molecule has 3 N–H and O–H groups in total. The Morgan fingerprint density at radius 1 is 1.17 bits per heavy atom. The van der Waals surface area contributed by atoms with Crippen LogP contribution in [0.3, 0.4) is 0 Å². The molecule has 2 aromatic carbocycles. The summed E-state index contributed by atoms with van der Waals surface area (Å²) in [6, 6.07) is 15.7. The molecular weight excluding hydrogens is 366 g/mol. The van der Waals surface area contributed by atoms with Crippen molar-refractivity contribution >= 4 is 16.8 Å². The van der Waals surface area contributed by atoms with E-state index in [0.29, 0.717) is 5.69 Å². The first-order valence-corrected chi connectivity index (χ1v) is 9.96. The van der Waals surface area contributed by atoms with Gasteiger partial charge in [-0.15, -0.1) is 0 Å². The summed E-state index contributed by atoms with van der Waals surface area (Å²) in [5, 5.41) is 20.5. The maximum absolute atomic E-state index is 12.9. The summed E-state index contributed by atoms with van der Waals surface area (Å²) in [6.45, 7) is 4.27. The standard InChI is InChI=1S/C22H27N5O2/c1-26-9-10-27(12-16-5-4-6-17(11-16)15-28)14-18(13-26)23-22(29)21-19-7-2-3-8-20(19)24-25-21/h2-8,11,18,28H,9-10,12-15H2,1H3,(H,23,29)(H,24,25)/t18-/m1/s1. The number of fused-ring (bicyclic) bond motifs is 1. The van der Waals surface area contributed by atoms with E-state index in [2.05, 4.69) is 38.4 Å². The van der Waals surface area contributed by atoms with Crippen LogP contribution >= 0.6 is 0 Å². The van der Waals surface area contributed by atoms with Crippen LogP contribution in [0.4, 0.5) is 0 Å². The SMILES string of the molecule is CN1CCN(Cc2cccc(CO)c2)C[C@H](NC(=O)c2n[nH]c3ccccc23)C1. The van der Waals surface area contributed by atoms with Gasteiger partial charge in [0.25, 0.3) is 5.91 Å². The monoisotopic (exact) mass is 393 g/mol. The van der Waals surface area contributed by atoms with Crippen LogP contribution in [0.25, 0.3) is 10.9 Å². The number of rotatable bonds is 5. The third-order valence-electron chi connectivity index (χ3n) is 5.41. The number of hydrogen-bond donors (Lipinski definition) is 3. The molecule has 0 radical (unpaired) electrons. The first-order valence-electron chi connectivity index (χ1n) is 9.96. The van der Waals surface area contributed by atoms with Crippen LogP contribution in [-0.2, 0) is 13.2 Å². The van der Waals surface area contributed by atoms with Gasteiger partial charge < -0.3 is 15.3 Å². The summed E-state index contributed by atoms with van der Waals surface area (Å²) in [6.07, 6.45) is 0. The molecule has 0 bridgehead atoms. The number of amides is 1. The Morgan fingerprint density at radius 2 is 2.00 bits per heavy atom. The maximum atomic E-state index is 12.9. The van der Waals surface area contributed by atoms with Gasteiger partial charge in [0.05, 0.1) is 18.2 Å². The number of likely N-dealkylation sites (N-methyl/N-ethyl adjacent to an activating group) is 1. The molecule has 1 amide bonds. The summed E-state index contributed by atoms with van der Waals surface area (Å²) in [5.74, 6) is -0.148. The summed E-state index contributed by atoms with van der Waals surface area (Å²) in [4.78, 5) is 17.5. The number of aromatic nitrogens is 2. The van der Waals surface area contributed by atoms with E-state index < -0.39 is 0 Å². The molecule has 4 rings (SSSR count). The van der Waals surface area contributed by atoms with Gasteiger partial charge in [-0.05, 0) is 24.2 Å². The highest BCUT2D eigenvalue weighted by Crippen LogP contribution is 2.16. The smallest absolute Gasteiger partial charge is 0.272 e. The molecule has 1 aliphatic rings. The number of aliphatic hydroxyl groups is 1. The average Bonchev–Trinajstić information content (AvgIpc) is 3.08. The summed E-state index contributed by atoms with van der Waals surface area (Å²) in [5.41, 5.74) is 3.39. The van der Waals surface area contributed by atoms with Crippen molar-refractivity contribution in [2.45, 2.75) is 19.2 Å². The van der Waals surface area contributed by atoms with Gasteiger partial charge in [0.2, 0.25) is 0 Å². The zero-order valence-corrected chi connectivity index (χ0v) is 16.6. The van der Waals surface area contributed by atoms with E-state index in [4.69, 9.17) is 0 Å². The van der Waals surface area contributed by atoms with E-state index in [9.17, 15) is 9.90 Å². The van der Waals surface area contributed by atoms with E-state index in [1.807, 2.05) is 42.5 Å². The second-order valence-electron chi connectivity index (χ2n) is 7.76. The molecule has 7 nitrogen and oxygen atoms in total. The minimum Gasteiger partial charge on any atom is -0.392 e. The summed E-state index contributed by atoms with van der Waals surface area (Å²) < 4.78 is 0. The van der Waals surface area contributed by atoms with Gasteiger partial charge in [0.1, 0.15) is 0 Å². The second-order valence-corrected chi connectivity index (χ2v) is 7.76. The number of aliphatic hydroxyl groups excluding tert-OH is 1. The third kappa shape index (κ3) is 4.64. The van der Waals surface area contributed by atoms with E-state index in [-0.39, 0.29) is 18.6 Å². The lowest BCUT2D eigenvalue weighted by atomic mass is 10.1. The highest BCUT2D eigenvalue weighted by atomic mass is 16.3. The van der Waals surface area contributed by atoms with Crippen molar-refractivity contribution in [1.29, 1.82) is 0 Å². The quantitative estimate of drug-likeness (QED) is 0.613. The van der Waals surface area contributed by atoms with Gasteiger partial charge in [-0.1, -0.05) is 42.5 Å². The molecule has 0 saturated carbocycles. The fraction of sp³-hybridized carbons (Fsp3) is 0.364. The largest absolute Gasteiger partial charge is 0.392 e. The van der Waals surface area contributed by atoms with Crippen LogP contribution in [0, 0.1) is 0 Å². The number of carbonyl (C=O) groups excluding carboxylic acids is 1. The number of carbonyl (C=O) groups is 1. The number of nitrogens with one attached hydrogen (secondary N) is 2. The van der Waals surface area contributed by atoms with Gasteiger partial charge >= 0.3 is 0 Å². The Bertz CT molecular complexity index is 986. The van der Waals surface area contributed by atoms with E-state index in [1.54, 1.807) is 0 Å². The van der Waals surface area contributed by atoms with Crippen LogP contribution < -0.4 is 5.32 Å². The Labute approximate surface area is 170 Å². The minimum atomic E-state index is -0.148. The number of aromatic amines is 1. The number of H-pyrrole nitrogens is 1. The van der Waals surface area contributed by atoms with Crippen molar-refractivity contribution in [2.24, 2.45) is 0 Å². The van der Waals surface area contributed by atoms with Gasteiger partial charge in [0, 0.05) is 38.1 Å². The molecule has 1 atom stereocenters. The van der Waals surface area contributed by atoms with Crippen molar-refractivity contribution in [2.75, 3.05) is 33.2 Å². The summed E-state index contributed by atoms with van der Waals surface area (Å²) >= 11 is 0. The zero-order valence-electron chi connectivity index (χ0n) is 16.6. The van der Waals surface area contributed by atoms with E-state index >= 15 is 0 Å². The molecule has 0 spiro atoms. The van der Waals surface area contributed by atoms with Gasteiger partial charge in [-0.2, -0.15) is 5.10 Å². The van der Waals surface area contributed by atoms with E-state index in [0.717, 1.165) is 49.2 Å². The van der Waals surface area contributed by atoms with Crippen LogP contribution in [0.2, 0.25) is 0 Å². The van der Waals surface area contributed by atoms with E-state index in [1.165, 1.54) is 5.56 Å². The van der Waals surface area contributed by atoms with Crippen LogP contribution in [-0.4, -0.2) is 70.3 Å². The molecule has 7 heteroatoms. The third-order valence-corrected chi connectivity index (χ3v) is 5.41. The summed E-state index contributed by atoms with van der Waals surface area (Å²) in [7, 11) is 2.08. The van der Waals surface area contributed by atoms with Crippen molar-refractivity contribution in [3.05, 3.63) is 65.4 Å². The normalized spacial score (nSPS) is 18.6. The predicted octanol–water partition coefficient (Wildman–Crippen LogP) is 1.60. The molecular formula is C22H27N5O2. The Kier molecular flexibility index (Phi) is 5.89. The highest BCUT2D eigenvalue weighted by molar-refractivity contribution is 6.04. The van der Waals surface area contributed by atoms with Gasteiger partial charge in [0.15, 0.2) is 5.69 Å². The number of benzene rings is 2. The molecule has 1 saturated heterocycles. The van der Waals surface area contributed by atoms with Crippen molar-refractivity contribution < 1.29 is 9.90 Å². The fourth-order valence-corrected chi connectivity index (χ4v) is 3.95. The topological polar surface area (TPSA) is 84.5 Å². The lowest BCUT2D eigenvalue weighted by molar-refractivity contribution is 0.0920. The molecule has 152 valence electrons. The number of para-hydroxylation sites is 1. The van der Waals surface area contributed by atoms with Gasteiger partial charge in [-0.25, -0.2) is 0 Å². The van der Waals surface area contributed by atoms with Gasteiger partial charge in [-0.3, -0.25) is 14.8 Å². The fourth-order valence-electron chi connectivity index (χ4n) is 3.95. The number of nitrogens with zero attached hydrogens (tertiary/aromatic N) is 3. The number of hydrogen-bond acceptors (Lipinski definition) is 5.